The van der Waals surface area contributed by atoms with Crippen LogP contribution < -0.4 is 0 Å². The monoisotopic (exact) mass is 238 g/mol. The van der Waals surface area contributed by atoms with Crippen molar-refractivity contribution in [2.45, 2.75) is 70.7 Å². The number of rotatable bonds is 0. The fourth-order valence-electron chi connectivity index (χ4n) is 4.91. The van der Waals surface area contributed by atoms with E-state index in [1.165, 1.54) is 12.8 Å². The van der Waals surface area contributed by atoms with Gasteiger partial charge in [-0.15, -0.1) is 0 Å². The van der Waals surface area contributed by atoms with Gasteiger partial charge in [-0.2, -0.15) is 0 Å². The van der Waals surface area contributed by atoms with E-state index in [0.717, 1.165) is 12.8 Å². The van der Waals surface area contributed by atoms with Crippen molar-refractivity contribution in [2.24, 2.45) is 23.7 Å². The first-order chi connectivity index (χ1) is 7.83. The van der Waals surface area contributed by atoms with E-state index >= 15 is 0 Å². The Morgan fingerprint density at radius 3 is 2.47 bits per heavy atom. The van der Waals surface area contributed by atoms with Gasteiger partial charge in [0.1, 0.15) is 0 Å². The highest BCUT2D eigenvalue weighted by molar-refractivity contribution is 5.09. The maximum Gasteiger partial charge on any atom is 0.0662 e. The van der Waals surface area contributed by atoms with E-state index in [1.807, 2.05) is 6.92 Å². The van der Waals surface area contributed by atoms with Crippen LogP contribution in [0.5, 0.6) is 0 Å². The Kier molecular flexibility index (Phi) is 2.45. The summed E-state index contributed by atoms with van der Waals surface area (Å²) in [5, 5.41) is 10.6. The van der Waals surface area contributed by atoms with E-state index in [1.54, 1.807) is 0 Å². The molecule has 0 amide bonds. The van der Waals surface area contributed by atoms with Gasteiger partial charge in [0, 0.05) is 0 Å². The Balaban J connectivity index is 1.98. The van der Waals surface area contributed by atoms with Crippen LogP contribution in [0.1, 0.15) is 53.4 Å². The average Bonchev–Trinajstić information content (AvgIpc) is 2.48. The van der Waals surface area contributed by atoms with Gasteiger partial charge >= 0.3 is 0 Å². The summed E-state index contributed by atoms with van der Waals surface area (Å²) in [7, 11) is 0. The Morgan fingerprint density at radius 1 is 1.06 bits per heavy atom. The fraction of sp³-hybridized carbons (Fsp3) is 1.00. The van der Waals surface area contributed by atoms with E-state index in [-0.39, 0.29) is 5.60 Å². The second-order valence-corrected chi connectivity index (χ2v) is 7.43. The molecule has 0 aromatic carbocycles. The Bertz CT molecular complexity index is 321. The number of ether oxygens (including phenoxy) is 1. The lowest BCUT2D eigenvalue weighted by atomic mass is 9.56. The molecule has 1 saturated heterocycles. The van der Waals surface area contributed by atoms with Gasteiger partial charge in [-0.1, -0.05) is 6.92 Å². The summed E-state index contributed by atoms with van der Waals surface area (Å²) in [6.07, 6.45) is 4.87. The maximum absolute atomic E-state index is 10.6. The van der Waals surface area contributed by atoms with Crippen LogP contribution in [0, 0.1) is 23.7 Å². The van der Waals surface area contributed by atoms with Crippen LogP contribution in [0.25, 0.3) is 0 Å². The number of aliphatic hydroxyl groups is 1. The first-order valence-corrected chi connectivity index (χ1v) is 7.23. The van der Waals surface area contributed by atoms with Crippen molar-refractivity contribution < 1.29 is 9.84 Å². The largest absolute Gasteiger partial charge is 0.390 e. The SMILES string of the molecule is C[C@H]1CC[C@@H]2[C@@H]3[C@H]1OC(C)(C)[C@@H]3CC[C@@]2(C)O. The summed E-state index contributed by atoms with van der Waals surface area (Å²) in [5.74, 6) is 2.37. The van der Waals surface area contributed by atoms with E-state index in [9.17, 15) is 5.11 Å². The lowest BCUT2D eigenvalue weighted by Gasteiger charge is -2.50. The third-order valence-corrected chi connectivity index (χ3v) is 5.90. The van der Waals surface area contributed by atoms with Crippen LogP contribution in [0.4, 0.5) is 0 Å². The van der Waals surface area contributed by atoms with Crippen LogP contribution in [0.3, 0.4) is 0 Å². The molecule has 2 nitrogen and oxygen atoms in total. The highest BCUT2D eigenvalue weighted by Crippen LogP contribution is 2.58. The fourth-order valence-corrected chi connectivity index (χ4v) is 4.91. The van der Waals surface area contributed by atoms with Crippen LogP contribution in [-0.4, -0.2) is 22.4 Å². The summed E-state index contributed by atoms with van der Waals surface area (Å²) in [6.45, 7) is 8.87. The molecule has 0 bridgehead atoms. The summed E-state index contributed by atoms with van der Waals surface area (Å²) >= 11 is 0. The molecule has 17 heavy (non-hydrogen) atoms. The molecule has 1 heterocycles. The second-order valence-electron chi connectivity index (χ2n) is 7.43. The van der Waals surface area contributed by atoms with E-state index in [4.69, 9.17) is 4.74 Å². The van der Waals surface area contributed by atoms with Crippen LogP contribution in [0.15, 0.2) is 0 Å². The van der Waals surface area contributed by atoms with Crippen molar-refractivity contribution in [3.63, 3.8) is 0 Å². The molecule has 2 aliphatic carbocycles. The molecule has 1 aliphatic heterocycles. The maximum atomic E-state index is 10.6. The van der Waals surface area contributed by atoms with Gasteiger partial charge in [-0.25, -0.2) is 0 Å². The molecule has 0 radical (unpaired) electrons. The highest BCUT2D eigenvalue weighted by Gasteiger charge is 2.60. The van der Waals surface area contributed by atoms with Crippen molar-refractivity contribution in [2.75, 3.05) is 0 Å². The molecule has 0 aromatic rings. The van der Waals surface area contributed by atoms with Crippen LogP contribution in [-0.2, 0) is 4.74 Å². The normalized spacial score (nSPS) is 56.6. The molecule has 2 saturated carbocycles. The third kappa shape index (κ3) is 1.60. The number of hydrogen-bond donors (Lipinski definition) is 1. The Hall–Kier alpha value is -0.0800. The van der Waals surface area contributed by atoms with Crippen molar-refractivity contribution >= 4 is 0 Å². The molecule has 0 unspecified atom stereocenters. The molecule has 1 N–H and O–H groups in total. The van der Waals surface area contributed by atoms with Gasteiger partial charge in [0.2, 0.25) is 0 Å². The molecule has 3 fully saturated rings. The molecule has 2 heteroatoms. The van der Waals surface area contributed by atoms with Gasteiger partial charge in [-0.3, -0.25) is 0 Å². The van der Waals surface area contributed by atoms with E-state index in [2.05, 4.69) is 20.8 Å². The van der Waals surface area contributed by atoms with Crippen LogP contribution in [0.2, 0.25) is 0 Å². The van der Waals surface area contributed by atoms with Crippen molar-refractivity contribution in [3.05, 3.63) is 0 Å². The predicted molar refractivity (Wildman–Crippen MR) is 67.7 cm³/mol. The lowest BCUT2D eigenvalue weighted by Crippen LogP contribution is -2.52. The smallest absolute Gasteiger partial charge is 0.0662 e. The summed E-state index contributed by atoms with van der Waals surface area (Å²) in [5.41, 5.74) is -0.438. The molecular weight excluding hydrogens is 212 g/mol. The van der Waals surface area contributed by atoms with Gasteiger partial charge in [0.05, 0.1) is 17.3 Å². The minimum Gasteiger partial charge on any atom is -0.390 e. The van der Waals surface area contributed by atoms with E-state index < -0.39 is 5.60 Å². The number of hydrogen-bond acceptors (Lipinski definition) is 2. The topological polar surface area (TPSA) is 29.5 Å². The van der Waals surface area contributed by atoms with Crippen molar-refractivity contribution in [1.82, 2.24) is 0 Å². The van der Waals surface area contributed by atoms with Crippen molar-refractivity contribution in [1.29, 1.82) is 0 Å². The molecule has 0 aromatic heterocycles. The zero-order chi connectivity index (χ0) is 12.4. The standard InChI is InChI=1S/C15H26O2/c1-9-5-6-11-12-10(7-8-15(11,4)16)14(2,3)17-13(9)12/h9-13,16H,5-8H2,1-4H3/t9-,10+,11+,12+,13-,15+/m0/s1. The molecule has 0 spiro atoms. The summed E-state index contributed by atoms with van der Waals surface area (Å²) in [6, 6.07) is 0. The average molecular weight is 238 g/mol. The molecular formula is C15H26O2. The highest BCUT2D eigenvalue weighted by atomic mass is 16.5. The van der Waals surface area contributed by atoms with Crippen molar-refractivity contribution in [3.8, 4) is 0 Å². The van der Waals surface area contributed by atoms with Gasteiger partial charge in [0.25, 0.3) is 0 Å². The third-order valence-electron chi connectivity index (χ3n) is 5.90. The van der Waals surface area contributed by atoms with E-state index in [0.29, 0.717) is 29.8 Å². The zero-order valence-corrected chi connectivity index (χ0v) is 11.6. The zero-order valence-electron chi connectivity index (χ0n) is 11.6. The second kappa shape index (κ2) is 3.48. The summed E-state index contributed by atoms with van der Waals surface area (Å²) in [4.78, 5) is 0. The first kappa shape index (κ1) is 12.0. The minimum absolute atomic E-state index is 0.0166. The minimum atomic E-state index is -0.455. The van der Waals surface area contributed by atoms with Gasteiger partial charge in [0.15, 0.2) is 0 Å². The lowest BCUT2D eigenvalue weighted by molar-refractivity contribution is -0.111. The van der Waals surface area contributed by atoms with Crippen LogP contribution >= 0.6 is 0 Å². The van der Waals surface area contributed by atoms with Gasteiger partial charge < -0.3 is 9.84 Å². The Morgan fingerprint density at radius 2 is 1.76 bits per heavy atom. The quantitative estimate of drug-likeness (QED) is 0.703. The van der Waals surface area contributed by atoms with Gasteiger partial charge in [-0.05, 0) is 70.1 Å². The predicted octanol–water partition coefficient (Wildman–Crippen LogP) is 2.99. The molecule has 3 rings (SSSR count). The Labute approximate surface area is 105 Å². The summed E-state index contributed by atoms with van der Waals surface area (Å²) < 4.78 is 6.36. The molecule has 6 atom stereocenters. The molecule has 98 valence electrons. The molecule has 3 aliphatic rings. The first-order valence-electron chi connectivity index (χ1n) is 7.23.